The minimum Gasteiger partial charge on any atom is -0.507 e. The highest BCUT2D eigenvalue weighted by Gasteiger charge is 2.14. The van der Waals surface area contributed by atoms with Gasteiger partial charge in [-0.15, -0.1) is 0 Å². The van der Waals surface area contributed by atoms with Gasteiger partial charge in [0.25, 0.3) is 0 Å². The Kier molecular flexibility index (Phi) is 5.19. The highest BCUT2D eigenvalue weighted by Crippen LogP contribution is 2.33. The number of aliphatic hydroxyl groups excluding tert-OH is 2. The van der Waals surface area contributed by atoms with Crippen LogP contribution in [0.4, 0.5) is 0 Å². The summed E-state index contributed by atoms with van der Waals surface area (Å²) >= 11 is 0. The molecule has 3 N–H and O–H groups in total. The van der Waals surface area contributed by atoms with Crippen molar-refractivity contribution in [3.05, 3.63) is 34.4 Å². The number of hydrogen-bond acceptors (Lipinski definition) is 4. The zero-order valence-corrected chi connectivity index (χ0v) is 11.0. The molecular weight excluding hydrogens is 232 g/mol. The Bertz CT molecular complexity index is 446. The van der Waals surface area contributed by atoms with E-state index in [0.717, 1.165) is 5.57 Å². The average Bonchev–Trinajstić information content (AvgIpc) is 2.33. The van der Waals surface area contributed by atoms with Gasteiger partial charge in [0, 0.05) is 11.1 Å². The molecule has 4 nitrogen and oxygen atoms in total. The number of rotatable bonds is 5. The number of ether oxygens (including phenoxy) is 1. The van der Waals surface area contributed by atoms with Crippen LogP contribution in [-0.2, 0) is 13.2 Å². The van der Waals surface area contributed by atoms with Crippen molar-refractivity contribution in [1.29, 1.82) is 0 Å². The molecule has 1 rings (SSSR count). The summed E-state index contributed by atoms with van der Waals surface area (Å²) in [6.07, 6.45) is 1.93. The van der Waals surface area contributed by atoms with E-state index >= 15 is 0 Å². The Hall–Kier alpha value is -1.52. The standard InChI is InChI=1S/C14H20O4/c1-9(2)4-5-18-13-6-11(7-15)12(8-16)14(17)10(13)3/h4,6,15-17H,5,7-8H2,1-3H3. The lowest BCUT2D eigenvalue weighted by atomic mass is 10.0. The van der Waals surface area contributed by atoms with E-state index in [2.05, 4.69) is 0 Å². The average molecular weight is 252 g/mol. The first kappa shape index (κ1) is 14.5. The molecule has 1 aromatic rings. The first-order valence-corrected chi connectivity index (χ1v) is 5.83. The maximum Gasteiger partial charge on any atom is 0.128 e. The van der Waals surface area contributed by atoms with Gasteiger partial charge in [-0.3, -0.25) is 0 Å². The molecule has 4 heteroatoms. The molecule has 18 heavy (non-hydrogen) atoms. The van der Waals surface area contributed by atoms with Crippen LogP contribution >= 0.6 is 0 Å². The third-order valence-corrected chi connectivity index (χ3v) is 2.76. The van der Waals surface area contributed by atoms with Gasteiger partial charge in [-0.25, -0.2) is 0 Å². The van der Waals surface area contributed by atoms with Crippen LogP contribution in [0.2, 0.25) is 0 Å². The van der Waals surface area contributed by atoms with Gasteiger partial charge in [-0.2, -0.15) is 0 Å². The van der Waals surface area contributed by atoms with E-state index < -0.39 is 0 Å². The van der Waals surface area contributed by atoms with E-state index in [9.17, 15) is 15.3 Å². The molecule has 0 unspecified atom stereocenters. The first-order valence-electron chi connectivity index (χ1n) is 5.83. The molecule has 0 aliphatic rings. The normalized spacial score (nSPS) is 10.3. The second kappa shape index (κ2) is 6.42. The number of aliphatic hydroxyl groups is 2. The summed E-state index contributed by atoms with van der Waals surface area (Å²) in [7, 11) is 0. The molecule has 0 saturated carbocycles. The van der Waals surface area contributed by atoms with Crippen LogP contribution in [0.5, 0.6) is 11.5 Å². The van der Waals surface area contributed by atoms with Crippen molar-refractivity contribution in [2.24, 2.45) is 0 Å². The van der Waals surface area contributed by atoms with Crippen molar-refractivity contribution in [3.8, 4) is 11.5 Å². The predicted octanol–water partition coefficient (Wildman–Crippen LogP) is 2.03. The van der Waals surface area contributed by atoms with Crippen LogP contribution in [-0.4, -0.2) is 21.9 Å². The van der Waals surface area contributed by atoms with E-state index in [4.69, 9.17) is 4.74 Å². The van der Waals surface area contributed by atoms with E-state index in [0.29, 0.717) is 29.0 Å². The molecular formula is C14H20O4. The molecule has 0 aliphatic carbocycles. The topological polar surface area (TPSA) is 69.9 Å². The molecule has 0 heterocycles. The summed E-state index contributed by atoms with van der Waals surface area (Å²) in [4.78, 5) is 0. The van der Waals surface area contributed by atoms with Crippen LogP contribution in [0.25, 0.3) is 0 Å². The summed E-state index contributed by atoms with van der Waals surface area (Å²) in [5.41, 5.74) is 2.54. The lowest BCUT2D eigenvalue weighted by Gasteiger charge is -2.15. The smallest absolute Gasteiger partial charge is 0.128 e. The number of hydrogen-bond donors (Lipinski definition) is 3. The van der Waals surface area contributed by atoms with Gasteiger partial charge in [-0.1, -0.05) is 5.57 Å². The maximum atomic E-state index is 9.93. The molecule has 100 valence electrons. The van der Waals surface area contributed by atoms with E-state index in [1.807, 2.05) is 19.9 Å². The fourth-order valence-corrected chi connectivity index (χ4v) is 1.61. The van der Waals surface area contributed by atoms with Gasteiger partial charge in [0.15, 0.2) is 0 Å². The summed E-state index contributed by atoms with van der Waals surface area (Å²) in [5.74, 6) is 0.502. The van der Waals surface area contributed by atoms with Crippen molar-refractivity contribution in [3.63, 3.8) is 0 Å². The highest BCUT2D eigenvalue weighted by atomic mass is 16.5. The van der Waals surface area contributed by atoms with Gasteiger partial charge >= 0.3 is 0 Å². The fourth-order valence-electron chi connectivity index (χ4n) is 1.61. The minimum absolute atomic E-state index is 0.0174. The van der Waals surface area contributed by atoms with Gasteiger partial charge in [0.1, 0.15) is 18.1 Å². The third-order valence-electron chi connectivity index (χ3n) is 2.76. The molecule has 0 aliphatic heterocycles. The van der Waals surface area contributed by atoms with Gasteiger partial charge in [0.2, 0.25) is 0 Å². The molecule has 0 atom stereocenters. The molecule has 0 radical (unpaired) electrons. The lowest BCUT2D eigenvalue weighted by molar-refractivity contribution is 0.253. The van der Waals surface area contributed by atoms with Crippen molar-refractivity contribution in [1.82, 2.24) is 0 Å². The van der Waals surface area contributed by atoms with E-state index in [-0.39, 0.29) is 19.0 Å². The Morgan fingerprint density at radius 2 is 1.94 bits per heavy atom. The Balaban J connectivity index is 3.06. The zero-order chi connectivity index (χ0) is 13.7. The summed E-state index contributed by atoms with van der Waals surface area (Å²) < 4.78 is 5.54. The van der Waals surface area contributed by atoms with Crippen LogP contribution in [0.15, 0.2) is 17.7 Å². The zero-order valence-electron chi connectivity index (χ0n) is 11.0. The number of phenols is 1. The van der Waals surface area contributed by atoms with Gasteiger partial charge in [0.05, 0.1) is 13.2 Å². The predicted molar refractivity (Wildman–Crippen MR) is 69.6 cm³/mol. The SMILES string of the molecule is CC(C)=CCOc1cc(CO)c(CO)c(O)c1C. The molecule has 0 saturated heterocycles. The number of benzene rings is 1. The molecule has 0 spiro atoms. The van der Waals surface area contributed by atoms with Crippen molar-refractivity contribution < 1.29 is 20.1 Å². The van der Waals surface area contributed by atoms with Gasteiger partial charge in [-0.05, 0) is 38.5 Å². The molecule has 0 fully saturated rings. The van der Waals surface area contributed by atoms with Crippen LogP contribution in [0.3, 0.4) is 0 Å². The largest absolute Gasteiger partial charge is 0.507 e. The first-order chi connectivity index (χ1) is 8.51. The summed E-state index contributed by atoms with van der Waals surface area (Å²) in [5, 5.41) is 28.3. The third kappa shape index (κ3) is 3.24. The summed E-state index contributed by atoms with van der Waals surface area (Å²) in [6.45, 7) is 5.52. The minimum atomic E-state index is -0.309. The number of allylic oxidation sites excluding steroid dienone is 1. The Morgan fingerprint density at radius 3 is 2.44 bits per heavy atom. The quantitative estimate of drug-likeness (QED) is 0.701. The Morgan fingerprint density at radius 1 is 1.28 bits per heavy atom. The fraction of sp³-hybridized carbons (Fsp3) is 0.429. The molecule has 0 bridgehead atoms. The lowest BCUT2D eigenvalue weighted by Crippen LogP contribution is -2.02. The monoisotopic (exact) mass is 252 g/mol. The van der Waals surface area contributed by atoms with Crippen LogP contribution < -0.4 is 4.74 Å². The highest BCUT2D eigenvalue weighted by molar-refractivity contribution is 5.52. The second-order valence-electron chi connectivity index (χ2n) is 4.39. The van der Waals surface area contributed by atoms with Crippen molar-refractivity contribution >= 4 is 0 Å². The molecule has 0 aromatic heterocycles. The second-order valence-corrected chi connectivity index (χ2v) is 4.39. The van der Waals surface area contributed by atoms with Crippen LogP contribution in [0, 0.1) is 6.92 Å². The van der Waals surface area contributed by atoms with Crippen molar-refractivity contribution in [2.75, 3.05) is 6.61 Å². The van der Waals surface area contributed by atoms with E-state index in [1.165, 1.54) is 0 Å². The van der Waals surface area contributed by atoms with E-state index in [1.54, 1.807) is 13.0 Å². The van der Waals surface area contributed by atoms with Gasteiger partial charge < -0.3 is 20.1 Å². The summed E-state index contributed by atoms with van der Waals surface area (Å²) in [6, 6.07) is 1.65. The molecule has 0 amide bonds. The Labute approximate surface area is 107 Å². The van der Waals surface area contributed by atoms with Crippen LogP contribution in [0.1, 0.15) is 30.5 Å². The van der Waals surface area contributed by atoms with Crippen molar-refractivity contribution in [2.45, 2.75) is 34.0 Å². The maximum absolute atomic E-state index is 9.93. The molecule has 1 aromatic carbocycles. The number of aromatic hydroxyl groups is 1.